The second-order valence-corrected chi connectivity index (χ2v) is 4.72. The predicted octanol–water partition coefficient (Wildman–Crippen LogP) is 0.521. The first-order chi connectivity index (χ1) is 10.9. The molecule has 0 unspecified atom stereocenters. The van der Waals surface area contributed by atoms with Crippen LogP contribution in [0.15, 0.2) is 33.9 Å². The van der Waals surface area contributed by atoms with Crippen molar-refractivity contribution < 1.29 is 14.4 Å². The van der Waals surface area contributed by atoms with Crippen molar-refractivity contribution in [1.29, 1.82) is 0 Å². The predicted molar refractivity (Wildman–Crippen MR) is 81.2 cm³/mol. The topological polar surface area (TPSA) is 106 Å². The molecule has 0 aliphatic heterocycles. The number of hydrogen-bond donors (Lipinski definition) is 0. The van der Waals surface area contributed by atoms with E-state index in [4.69, 9.17) is 9.47 Å². The molecule has 122 valence electrons. The third-order valence-electron chi connectivity index (χ3n) is 3.35. The van der Waals surface area contributed by atoms with Crippen LogP contribution in [0.25, 0.3) is 0 Å². The van der Waals surface area contributed by atoms with Gasteiger partial charge in [-0.15, -0.1) is 0 Å². The first kappa shape index (κ1) is 16.3. The van der Waals surface area contributed by atoms with E-state index >= 15 is 0 Å². The standard InChI is InChI=1S/C14H15N3O6/c1-15-12(18)7-13(23-3)16(14(15)19)8-9-4-5-11(22-2)10(6-9)17(20)21/h4-7H,8H2,1-3H3. The molecule has 0 atom stereocenters. The van der Waals surface area contributed by atoms with Crippen molar-refractivity contribution in [3.63, 3.8) is 0 Å². The highest BCUT2D eigenvalue weighted by molar-refractivity contribution is 5.48. The van der Waals surface area contributed by atoms with Gasteiger partial charge in [0.2, 0.25) is 5.88 Å². The van der Waals surface area contributed by atoms with Gasteiger partial charge in [-0.25, -0.2) is 4.79 Å². The van der Waals surface area contributed by atoms with Gasteiger partial charge in [-0.3, -0.25) is 24.0 Å². The molecule has 1 aromatic carbocycles. The summed E-state index contributed by atoms with van der Waals surface area (Å²) in [6.07, 6.45) is 0. The van der Waals surface area contributed by atoms with Gasteiger partial charge >= 0.3 is 11.4 Å². The summed E-state index contributed by atoms with van der Waals surface area (Å²) in [6.45, 7) is 0.0148. The summed E-state index contributed by atoms with van der Waals surface area (Å²) in [5.74, 6) is 0.204. The lowest BCUT2D eigenvalue weighted by Crippen LogP contribution is -2.38. The van der Waals surface area contributed by atoms with Crippen LogP contribution in [-0.4, -0.2) is 28.3 Å². The molecule has 0 N–H and O–H groups in total. The van der Waals surface area contributed by atoms with Gasteiger partial charge in [0, 0.05) is 13.1 Å². The minimum atomic E-state index is -0.576. The fourth-order valence-electron chi connectivity index (χ4n) is 2.12. The molecule has 0 bridgehead atoms. The van der Waals surface area contributed by atoms with Gasteiger partial charge in [0.15, 0.2) is 5.75 Å². The van der Waals surface area contributed by atoms with E-state index in [0.29, 0.717) is 5.56 Å². The monoisotopic (exact) mass is 321 g/mol. The Hall–Kier alpha value is -3.10. The highest BCUT2D eigenvalue weighted by atomic mass is 16.6. The molecule has 0 saturated heterocycles. The van der Waals surface area contributed by atoms with Crippen LogP contribution in [-0.2, 0) is 13.6 Å². The molecule has 0 aliphatic rings. The summed E-state index contributed by atoms with van der Waals surface area (Å²) in [7, 11) is 4.01. The lowest BCUT2D eigenvalue weighted by Gasteiger charge is -2.13. The second kappa shape index (κ2) is 6.34. The van der Waals surface area contributed by atoms with E-state index in [2.05, 4.69) is 0 Å². The number of nitro groups is 1. The van der Waals surface area contributed by atoms with Crippen molar-refractivity contribution >= 4 is 5.69 Å². The maximum absolute atomic E-state index is 12.2. The van der Waals surface area contributed by atoms with Crippen molar-refractivity contribution in [2.24, 2.45) is 7.05 Å². The van der Waals surface area contributed by atoms with Gasteiger partial charge in [-0.05, 0) is 11.6 Å². The van der Waals surface area contributed by atoms with E-state index in [1.165, 1.54) is 44.0 Å². The number of benzene rings is 1. The summed E-state index contributed by atoms with van der Waals surface area (Å²) >= 11 is 0. The largest absolute Gasteiger partial charge is 0.490 e. The van der Waals surface area contributed by atoms with Crippen molar-refractivity contribution in [1.82, 2.24) is 9.13 Å². The maximum atomic E-state index is 12.2. The Morgan fingerprint density at radius 1 is 1.17 bits per heavy atom. The Balaban J connectivity index is 2.54. The summed E-state index contributed by atoms with van der Waals surface area (Å²) in [5, 5.41) is 11.1. The molecule has 23 heavy (non-hydrogen) atoms. The third-order valence-corrected chi connectivity index (χ3v) is 3.35. The Labute approximate surface area is 130 Å². The van der Waals surface area contributed by atoms with Crippen LogP contribution in [0.5, 0.6) is 11.6 Å². The number of hydrogen-bond acceptors (Lipinski definition) is 6. The van der Waals surface area contributed by atoms with E-state index in [1.807, 2.05) is 0 Å². The molecule has 9 heteroatoms. The van der Waals surface area contributed by atoms with Crippen molar-refractivity contribution in [3.05, 3.63) is 60.8 Å². The Morgan fingerprint density at radius 2 is 1.87 bits per heavy atom. The van der Waals surface area contributed by atoms with E-state index in [9.17, 15) is 19.7 Å². The molecule has 0 spiro atoms. The van der Waals surface area contributed by atoms with Crippen LogP contribution >= 0.6 is 0 Å². The van der Waals surface area contributed by atoms with Gasteiger partial charge in [-0.2, -0.15) is 0 Å². The van der Waals surface area contributed by atoms with Gasteiger partial charge < -0.3 is 9.47 Å². The van der Waals surface area contributed by atoms with Crippen LogP contribution in [0.2, 0.25) is 0 Å². The van der Waals surface area contributed by atoms with Crippen LogP contribution in [0.1, 0.15) is 5.56 Å². The molecule has 0 fully saturated rings. The third kappa shape index (κ3) is 3.07. The van der Waals surface area contributed by atoms with Crippen LogP contribution < -0.4 is 20.7 Å². The van der Waals surface area contributed by atoms with E-state index < -0.39 is 16.2 Å². The molecule has 0 amide bonds. The van der Waals surface area contributed by atoms with E-state index in [0.717, 1.165) is 4.57 Å². The lowest BCUT2D eigenvalue weighted by atomic mass is 10.2. The van der Waals surface area contributed by atoms with Crippen molar-refractivity contribution in [2.45, 2.75) is 6.54 Å². The Kier molecular flexibility index (Phi) is 4.49. The Bertz CT molecular complexity index is 868. The normalized spacial score (nSPS) is 10.4. The zero-order chi connectivity index (χ0) is 17.1. The first-order valence-electron chi connectivity index (χ1n) is 6.55. The minimum absolute atomic E-state index is 0.0148. The SMILES string of the molecule is COc1ccc(Cn2c(OC)cc(=O)n(C)c2=O)cc1[N+](=O)[O-]. The quantitative estimate of drug-likeness (QED) is 0.587. The average Bonchev–Trinajstić information content (AvgIpc) is 2.54. The smallest absolute Gasteiger partial charge is 0.333 e. The highest BCUT2D eigenvalue weighted by Gasteiger charge is 2.17. The zero-order valence-electron chi connectivity index (χ0n) is 12.8. The lowest BCUT2D eigenvalue weighted by molar-refractivity contribution is -0.385. The Morgan fingerprint density at radius 3 is 2.43 bits per heavy atom. The van der Waals surface area contributed by atoms with Gasteiger partial charge in [0.05, 0.1) is 31.8 Å². The zero-order valence-corrected chi connectivity index (χ0v) is 12.8. The molecule has 9 nitrogen and oxygen atoms in total. The molecular weight excluding hydrogens is 306 g/mol. The summed E-state index contributed by atoms with van der Waals surface area (Å²) in [4.78, 5) is 34.3. The highest BCUT2D eigenvalue weighted by Crippen LogP contribution is 2.27. The maximum Gasteiger partial charge on any atom is 0.333 e. The number of methoxy groups -OCH3 is 2. The molecule has 0 aliphatic carbocycles. The van der Waals surface area contributed by atoms with Gasteiger partial charge in [0.25, 0.3) is 5.56 Å². The fourth-order valence-corrected chi connectivity index (χ4v) is 2.12. The average molecular weight is 321 g/mol. The second-order valence-electron chi connectivity index (χ2n) is 4.72. The molecule has 2 rings (SSSR count). The van der Waals surface area contributed by atoms with Gasteiger partial charge in [0.1, 0.15) is 0 Å². The van der Waals surface area contributed by atoms with E-state index in [1.54, 1.807) is 6.07 Å². The summed E-state index contributed by atoms with van der Waals surface area (Å²) in [5.41, 5.74) is -0.782. The van der Waals surface area contributed by atoms with Crippen LogP contribution in [0, 0.1) is 10.1 Å². The molecule has 1 aromatic heterocycles. The number of nitrogens with zero attached hydrogens (tertiary/aromatic N) is 3. The van der Waals surface area contributed by atoms with Crippen LogP contribution in [0.3, 0.4) is 0 Å². The molecule has 2 aromatic rings. The number of aromatic nitrogens is 2. The number of nitro benzene ring substituents is 1. The molecule has 0 saturated carbocycles. The number of rotatable bonds is 5. The fraction of sp³-hybridized carbons (Fsp3) is 0.286. The van der Waals surface area contributed by atoms with Crippen molar-refractivity contribution in [2.75, 3.05) is 14.2 Å². The van der Waals surface area contributed by atoms with Crippen LogP contribution in [0.4, 0.5) is 5.69 Å². The summed E-state index contributed by atoms with van der Waals surface area (Å²) in [6, 6.07) is 5.55. The molecular formula is C14H15N3O6. The van der Waals surface area contributed by atoms with Gasteiger partial charge in [-0.1, -0.05) is 6.07 Å². The van der Waals surface area contributed by atoms with Crippen molar-refractivity contribution in [3.8, 4) is 11.6 Å². The first-order valence-corrected chi connectivity index (χ1v) is 6.55. The minimum Gasteiger partial charge on any atom is -0.490 e. The molecule has 1 heterocycles. The van der Waals surface area contributed by atoms with E-state index in [-0.39, 0.29) is 23.9 Å². The summed E-state index contributed by atoms with van der Waals surface area (Å²) < 4.78 is 12.1. The number of ether oxygens (including phenoxy) is 2. The molecule has 0 radical (unpaired) electrons.